The molecule has 1 heterocycles. The Morgan fingerprint density at radius 2 is 2.00 bits per heavy atom. The standard InChI is InChI=1S/C17H17N3OS/c1-22(21)17-4-2-3-15(11-17)19-12-14-5-7-16(8-6-14)20-10-9-18-13-20/h2-11,13,19H,12H2,1H3/t22-/m1/s1. The minimum absolute atomic E-state index is 0.726. The SMILES string of the molecule is C[S@@](=O)c1cccc(NCc2ccc(-n3ccnc3)cc2)c1. The van der Waals surface area contributed by atoms with Crippen LogP contribution in [0.3, 0.4) is 0 Å². The Hall–Kier alpha value is -2.40. The molecule has 0 bridgehead atoms. The smallest absolute Gasteiger partial charge is 0.0991 e. The lowest BCUT2D eigenvalue weighted by atomic mass is 10.2. The van der Waals surface area contributed by atoms with Crippen molar-refractivity contribution in [3.63, 3.8) is 0 Å². The van der Waals surface area contributed by atoms with E-state index < -0.39 is 10.8 Å². The zero-order valence-electron chi connectivity index (χ0n) is 12.3. The first-order chi connectivity index (χ1) is 10.7. The molecule has 22 heavy (non-hydrogen) atoms. The minimum Gasteiger partial charge on any atom is -0.381 e. The molecule has 1 aromatic heterocycles. The Labute approximate surface area is 132 Å². The molecule has 0 saturated heterocycles. The zero-order valence-corrected chi connectivity index (χ0v) is 13.1. The van der Waals surface area contributed by atoms with Crippen molar-refractivity contribution in [3.05, 3.63) is 72.8 Å². The van der Waals surface area contributed by atoms with Gasteiger partial charge in [-0.1, -0.05) is 18.2 Å². The van der Waals surface area contributed by atoms with Gasteiger partial charge in [-0.05, 0) is 35.9 Å². The third-order valence-corrected chi connectivity index (χ3v) is 4.32. The fraction of sp³-hybridized carbons (Fsp3) is 0.118. The van der Waals surface area contributed by atoms with E-state index in [1.165, 1.54) is 5.56 Å². The Balaban J connectivity index is 1.66. The highest BCUT2D eigenvalue weighted by Crippen LogP contribution is 2.15. The van der Waals surface area contributed by atoms with Crippen molar-refractivity contribution >= 4 is 16.5 Å². The monoisotopic (exact) mass is 311 g/mol. The van der Waals surface area contributed by atoms with Crippen LogP contribution in [0.25, 0.3) is 5.69 Å². The second-order valence-electron chi connectivity index (χ2n) is 4.97. The lowest BCUT2D eigenvalue weighted by Gasteiger charge is -2.09. The topological polar surface area (TPSA) is 46.9 Å². The third-order valence-electron chi connectivity index (χ3n) is 3.40. The second-order valence-corrected chi connectivity index (χ2v) is 6.35. The van der Waals surface area contributed by atoms with Crippen LogP contribution in [0.5, 0.6) is 0 Å². The van der Waals surface area contributed by atoms with Crippen molar-refractivity contribution in [3.8, 4) is 5.69 Å². The number of rotatable bonds is 5. The molecule has 0 aliphatic carbocycles. The molecule has 112 valence electrons. The Kier molecular flexibility index (Phi) is 4.34. The van der Waals surface area contributed by atoms with Crippen molar-refractivity contribution < 1.29 is 4.21 Å². The summed E-state index contributed by atoms with van der Waals surface area (Å²) in [6.45, 7) is 0.726. The van der Waals surface area contributed by atoms with E-state index in [9.17, 15) is 4.21 Å². The molecule has 1 N–H and O–H groups in total. The first-order valence-electron chi connectivity index (χ1n) is 6.97. The number of hydrogen-bond acceptors (Lipinski definition) is 3. The summed E-state index contributed by atoms with van der Waals surface area (Å²) in [6.07, 6.45) is 7.15. The molecular weight excluding hydrogens is 294 g/mol. The zero-order chi connectivity index (χ0) is 15.4. The molecule has 0 unspecified atom stereocenters. The van der Waals surface area contributed by atoms with Gasteiger partial charge in [0.1, 0.15) is 0 Å². The van der Waals surface area contributed by atoms with Crippen molar-refractivity contribution in [2.24, 2.45) is 0 Å². The summed E-state index contributed by atoms with van der Waals surface area (Å²) in [7, 11) is -0.956. The van der Waals surface area contributed by atoms with Gasteiger partial charge in [0.2, 0.25) is 0 Å². The van der Waals surface area contributed by atoms with E-state index >= 15 is 0 Å². The highest BCUT2D eigenvalue weighted by molar-refractivity contribution is 7.84. The van der Waals surface area contributed by atoms with E-state index in [2.05, 4.69) is 34.6 Å². The van der Waals surface area contributed by atoms with Crippen LogP contribution in [0.15, 0.2) is 72.1 Å². The molecule has 3 rings (SSSR count). The van der Waals surface area contributed by atoms with Gasteiger partial charge in [0, 0.05) is 52.3 Å². The van der Waals surface area contributed by atoms with Gasteiger partial charge in [0.15, 0.2) is 0 Å². The van der Waals surface area contributed by atoms with Gasteiger partial charge >= 0.3 is 0 Å². The Morgan fingerprint density at radius 1 is 1.18 bits per heavy atom. The molecular formula is C17H17N3OS. The van der Waals surface area contributed by atoms with Crippen molar-refractivity contribution in [1.82, 2.24) is 9.55 Å². The molecule has 5 heteroatoms. The number of hydrogen-bond donors (Lipinski definition) is 1. The van der Waals surface area contributed by atoms with Gasteiger partial charge < -0.3 is 9.88 Å². The lowest BCUT2D eigenvalue weighted by Crippen LogP contribution is -2.00. The predicted molar refractivity (Wildman–Crippen MR) is 89.7 cm³/mol. The predicted octanol–water partition coefficient (Wildman–Crippen LogP) is 3.22. The van der Waals surface area contributed by atoms with Crippen LogP contribution in [0, 0.1) is 0 Å². The molecule has 2 aromatic carbocycles. The molecule has 0 spiro atoms. The van der Waals surface area contributed by atoms with E-state index in [-0.39, 0.29) is 0 Å². The fourth-order valence-corrected chi connectivity index (χ4v) is 2.75. The lowest BCUT2D eigenvalue weighted by molar-refractivity contribution is 0.687. The van der Waals surface area contributed by atoms with Crippen molar-refractivity contribution in [2.45, 2.75) is 11.4 Å². The van der Waals surface area contributed by atoms with Crippen molar-refractivity contribution in [1.29, 1.82) is 0 Å². The van der Waals surface area contributed by atoms with Crippen LogP contribution >= 0.6 is 0 Å². The number of nitrogens with one attached hydrogen (secondary N) is 1. The van der Waals surface area contributed by atoms with E-state index in [4.69, 9.17) is 0 Å². The highest BCUT2D eigenvalue weighted by Gasteiger charge is 2.00. The van der Waals surface area contributed by atoms with Crippen LogP contribution in [-0.4, -0.2) is 20.0 Å². The largest absolute Gasteiger partial charge is 0.381 e. The summed E-state index contributed by atoms with van der Waals surface area (Å²) >= 11 is 0. The maximum atomic E-state index is 11.5. The van der Waals surface area contributed by atoms with Crippen LogP contribution in [0.1, 0.15) is 5.56 Å². The van der Waals surface area contributed by atoms with Crippen molar-refractivity contribution in [2.75, 3.05) is 11.6 Å². The molecule has 0 fully saturated rings. The average Bonchev–Trinajstić information content (AvgIpc) is 3.08. The van der Waals surface area contributed by atoms with E-state index in [0.717, 1.165) is 22.8 Å². The number of nitrogens with zero attached hydrogens (tertiary/aromatic N) is 2. The average molecular weight is 311 g/mol. The number of imidazole rings is 1. The summed E-state index contributed by atoms with van der Waals surface area (Å²) in [4.78, 5) is 4.88. The molecule has 0 aliphatic rings. The summed E-state index contributed by atoms with van der Waals surface area (Å²) in [6, 6.07) is 16.0. The van der Waals surface area contributed by atoms with E-state index in [1.807, 2.05) is 35.0 Å². The number of aromatic nitrogens is 2. The Bertz CT molecular complexity index is 767. The molecule has 4 nitrogen and oxygen atoms in total. The molecule has 0 radical (unpaired) electrons. The van der Waals surface area contributed by atoms with Crippen LogP contribution in [0.4, 0.5) is 5.69 Å². The fourth-order valence-electron chi connectivity index (χ4n) is 2.19. The maximum Gasteiger partial charge on any atom is 0.0991 e. The maximum absolute atomic E-state index is 11.5. The van der Waals surface area contributed by atoms with Gasteiger partial charge in [-0.2, -0.15) is 0 Å². The van der Waals surface area contributed by atoms with Gasteiger partial charge in [0.25, 0.3) is 0 Å². The van der Waals surface area contributed by atoms with Crippen LogP contribution in [0.2, 0.25) is 0 Å². The summed E-state index contributed by atoms with van der Waals surface area (Å²) in [5, 5.41) is 3.36. The molecule has 3 aromatic rings. The quantitative estimate of drug-likeness (QED) is 0.787. The minimum atomic E-state index is -0.956. The highest BCUT2D eigenvalue weighted by atomic mass is 32.2. The number of benzene rings is 2. The second kappa shape index (κ2) is 6.58. The molecule has 0 saturated carbocycles. The third kappa shape index (κ3) is 3.43. The van der Waals surface area contributed by atoms with Crippen LogP contribution < -0.4 is 5.32 Å². The van der Waals surface area contributed by atoms with Gasteiger partial charge in [-0.3, -0.25) is 4.21 Å². The first-order valence-corrected chi connectivity index (χ1v) is 8.53. The molecule has 0 aliphatic heterocycles. The van der Waals surface area contributed by atoms with Gasteiger partial charge in [0.05, 0.1) is 6.33 Å². The first kappa shape index (κ1) is 14.5. The summed E-state index contributed by atoms with van der Waals surface area (Å²) in [5.74, 6) is 0. The summed E-state index contributed by atoms with van der Waals surface area (Å²) < 4.78 is 13.5. The van der Waals surface area contributed by atoms with Crippen LogP contribution in [-0.2, 0) is 17.3 Å². The molecule has 1 atom stereocenters. The van der Waals surface area contributed by atoms with E-state index in [0.29, 0.717) is 0 Å². The van der Waals surface area contributed by atoms with Gasteiger partial charge in [-0.15, -0.1) is 0 Å². The van der Waals surface area contributed by atoms with Gasteiger partial charge in [-0.25, -0.2) is 4.98 Å². The summed E-state index contributed by atoms with van der Waals surface area (Å²) in [5.41, 5.74) is 3.25. The Morgan fingerprint density at radius 3 is 2.68 bits per heavy atom. The molecule has 0 amide bonds. The normalized spacial score (nSPS) is 12.0. The van der Waals surface area contributed by atoms with E-state index in [1.54, 1.807) is 18.8 Å². The number of anilines is 1.